The number of amides is 3. The maximum absolute atomic E-state index is 12.6. The van der Waals surface area contributed by atoms with Crippen LogP contribution in [0.2, 0.25) is 0 Å². The molecular weight excluding hydrogens is 360 g/mol. The van der Waals surface area contributed by atoms with Gasteiger partial charge in [0.15, 0.2) is 5.13 Å². The van der Waals surface area contributed by atoms with E-state index in [1.165, 1.54) is 0 Å². The van der Waals surface area contributed by atoms with Gasteiger partial charge in [0.05, 0.1) is 11.7 Å². The SMILES string of the molecule is Cc1nc(NC(=O)Nc2ccccc2)sc1C(=O)NC(C)c1ccccc1. The standard InChI is InChI=1S/C20H20N4O2S/c1-13(15-9-5-3-6-10-15)21-18(25)17-14(2)22-20(27-17)24-19(26)23-16-11-7-4-8-12-16/h3-13H,1-2H3,(H,21,25)(H2,22,23,24,26). The molecule has 0 radical (unpaired) electrons. The Bertz CT molecular complexity index is 926. The van der Waals surface area contributed by atoms with Gasteiger partial charge in [-0.3, -0.25) is 10.1 Å². The molecule has 0 saturated carbocycles. The number of aromatic nitrogens is 1. The van der Waals surface area contributed by atoms with Crippen LogP contribution in [0, 0.1) is 6.92 Å². The lowest BCUT2D eigenvalue weighted by Crippen LogP contribution is -2.26. The van der Waals surface area contributed by atoms with E-state index >= 15 is 0 Å². The van der Waals surface area contributed by atoms with Crippen molar-refractivity contribution in [3.05, 3.63) is 76.8 Å². The van der Waals surface area contributed by atoms with Crippen molar-refractivity contribution < 1.29 is 9.59 Å². The molecule has 0 aliphatic carbocycles. The Hall–Kier alpha value is -3.19. The van der Waals surface area contributed by atoms with Crippen LogP contribution in [0.4, 0.5) is 15.6 Å². The van der Waals surface area contributed by atoms with Gasteiger partial charge >= 0.3 is 6.03 Å². The molecule has 0 fully saturated rings. The topological polar surface area (TPSA) is 83.1 Å². The highest BCUT2D eigenvalue weighted by Crippen LogP contribution is 2.24. The lowest BCUT2D eigenvalue weighted by Gasteiger charge is -2.13. The smallest absolute Gasteiger partial charge is 0.325 e. The van der Waals surface area contributed by atoms with E-state index < -0.39 is 6.03 Å². The predicted molar refractivity (Wildman–Crippen MR) is 108 cm³/mol. The van der Waals surface area contributed by atoms with Gasteiger partial charge in [0.1, 0.15) is 4.88 Å². The molecule has 0 aliphatic rings. The van der Waals surface area contributed by atoms with Crippen LogP contribution in [0.1, 0.15) is 33.9 Å². The van der Waals surface area contributed by atoms with Gasteiger partial charge < -0.3 is 10.6 Å². The Kier molecular flexibility index (Phi) is 5.83. The summed E-state index contributed by atoms with van der Waals surface area (Å²) in [7, 11) is 0. The maximum Gasteiger partial charge on any atom is 0.325 e. The van der Waals surface area contributed by atoms with E-state index in [0.29, 0.717) is 21.4 Å². The van der Waals surface area contributed by atoms with E-state index in [0.717, 1.165) is 16.9 Å². The molecule has 7 heteroatoms. The summed E-state index contributed by atoms with van der Waals surface area (Å²) in [6.07, 6.45) is 0. The average Bonchev–Trinajstić information content (AvgIpc) is 3.03. The maximum atomic E-state index is 12.6. The van der Waals surface area contributed by atoms with E-state index in [-0.39, 0.29) is 11.9 Å². The van der Waals surface area contributed by atoms with Gasteiger partial charge in [0, 0.05) is 5.69 Å². The number of hydrogen-bond donors (Lipinski definition) is 3. The van der Waals surface area contributed by atoms with Crippen LogP contribution in [0.5, 0.6) is 0 Å². The fourth-order valence-corrected chi connectivity index (χ4v) is 3.39. The summed E-state index contributed by atoms with van der Waals surface area (Å²) in [5.41, 5.74) is 2.28. The highest BCUT2D eigenvalue weighted by molar-refractivity contribution is 7.17. The number of hydrogen-bond acceptors (Lipinski definition) is 4. The molecule has 0 saturated heterocycles. The number of aryl methyl sites for hydroxylation is 1. The number of thiazole rings is 1. The molecule has 138 valence electrons. The summed E-state index contributed by atoms with van der Waals surface area (Å²) in [4.78, 5) is 29.4. The molecule has 1 atom stereocenters. The van der Waals surface area contributed by atoms with Crippen LogP contribution in [-0.2, 0) is 0 Å². The van der Waals surface area contributed by atoms with Gasteiger partial charge in [0.2, 0.25) is 0 Å². The zero-order chi connectivity index (χ0) is 19.2. The van der Waals surface area contributed by atoms with Gasteiger partial charge in [-0.1, -0.05) is 59.9 Å². The van der Waals surface area contributed by atoms with Crippen LogP contribution in [0.15, 0.2) is 60.7 Å². The molecule has 0 aliphatic heterocycles. The van der Waals surface area contributed by atoms with Crippen molar-refractivity contribution in [1.29, 1.82) is 0 Å². The number of nitrogens with zero attached hydrogens (tertiary/aromatic N) is 1. The second-order valence-corrected chi connectivity index (χ2v) is 6.98. The Morgan fingerprint density at radius 2 is 1.59 bits per heavy atom. The lowest BCUT2D eigenvalue weighted by atomic mass is 10.1. The lowest BCUT2D eigenvalue weighted by molar-refractivity contribution is 0.0943. The van der Waals surface area contributed by atoms with Crippen LogP contribution >= 0.6 is 11.3 Å². The first-order valence-corrected chi connectivity index (χ1v) is 9.31. The van der Waals surface area contributed by atoms with Crippen molar-refractivity contribution in [2.24, 2.45) is 0 Å². The van der Waals surface area contributed by atoms with Gasteiger partial charge in [0.25, 0.3) is 5.91 Å². The van der Waals surface area contributed by atoms with Crippen molar-refractivity contribution in [1.82, 2.24) is 10.3 Å². The van der Waals surface area contributed by atoms with E-state index in [2.05, 4.69) is 20.9 Å². The summed E-state index contributed by atoms with van der Waals surface area (Å²) in [6, 6.07) is 18.3. The third-order valence-electron chi connectivity index (χ3n) is 3.90. The molecular formula is C20H20N4O2S. The number of para-hydroxylation sites is 1. The largest absolute Gasteiger partial charge is 0.345 e. The van der Waals surface area contributed by atoms with Crippen LogP contribution in [-0.4, -0.2) is 16.9 Å². The van der Waals surface area contributed by atoms with Crippen molar-refractivity contribution in [3.8, 4) is 0 Å². The highest BCUT2D eigenvalue weighted by Gasteiger charge is 2.18. The number of rotatable bonds is 5. The molecule has 0 bridgehead atoms. The van der Waals surface area contributed by atoms with Crippen molar-refractivity contribution in [3.63, 3.8) is 0 Å². The Morgan fingerprint density at radius 1 is 0.963 bits per heavy atom. The number of urea groups is 1. The monoisotopic (exact) mass is 380 g/mol. The summed E-state index contributed by atoms with van der Waals surface area (Å²) in [5.74, 6) is -0.210. The molecule has 1 unspecified atom stereocenters. The molecule has 2 aromatic carbocycles. The normalized spacial score (nSPS) is 11.5. The minimum atomic E-state index is -0.403. The number of carbonyl (C=O) groups excluding carboxylic acids is 2. The van der Waals surface area contributed by atoms with Crippen molar-refractivity contribution in [2.45, 2.75) is 19.9 Å². The van der Waals surface area contributed by atoms with E-state index in [1.807, 2.05) is 55.5 Å². The Morgan fingerprint density at radius 3 is 2.26 bits per heavy atom. The number of benzene rings is 2. The third-order valence-corrected chi connectivity index (χ3v) is 4.97. The number of anilines is 2. The molecule has 6 nitrogen and oxygen atoms in total. The van der Waals surface area contributed by atoms with Crippen LogP contribution in [0.25, 0.3) is 0 Å². The molecule has 1 heterocycles. The summed E-state index contributed by atoms with van der Waals surface area (Å²) >= 11 is 1.15. The van der Waals surface area contributed by atoms with E-state index in [4.69, 9.17) is 0 Å². The first-order valence-electron chi connectivity index (χ1n) is 8.49. The Labute approximate surface area is 161 Å². The molecule has 3 amide bonds. The predicted octanol–water partition coefficient (Wildman–Crippen LogP) is 4.59. The molecule has 0 spiro atoms. The van der Waals surface area contributed by atoms with Gasteiger partial charge in [-0.05, 0) is 31.5 Å². The van der Waals surface area contributed by atoms with E-state index in [1.54, 1.807) is 19.1 Å². The average molecular weight is 380 g/mol. The first-order chi connectivity index (χ1) is 13.0. The minimum absolute atomic E-state index is 0.127. The number of nitrogens with one attached hydrogen (secondary N) is 3. The van der Waals surface area contributed by atoms with E-state index in [9.17, 15) is 9.59 Å². The molecule has 3 N–H and O–H groups in total. The summed E-state index contributed by atoms with van der Waals surface area (Å²) < 4.78 is 0. The zero-order valence-electron chi connectivity index (χ0n) is 15.0. The Balaban J connectivity index is 1.63. The molecule has 3 aromatic rings. The molecule has 27 heavy (non-hydrogen) atoms. The van der Waals surface area contributed by atoms with Crippen LogP contribution < -0.4 is 16.0 Å². The second-order valence-electron chi connectivity index (χ2n) is 5.98. The minimum Gasteiger partial charge on any atom is -0.345 e. The summed E-state index contributed by atoms with van der Waals surface area (Å²) in [5, 5.41) is 8.72. The first kappa shape index (κ1) is 18.6. The van der Waals surface area contributed by atoms with Crippen molar-refractivity contribution >= 4 is 34.1 Å². The quantitative estimate of drug-likeness (QED) is 0.605. The van der Waals surface area contributed by atoms with Gasteiger partial charge in [-0.2, -0.15) is 0 Å². The third kappa shape index (κ3) is 4.92. The van der Waals surface area contributed by atoms with Gasteiger partial charge in [-0.25, -0.2) is 9.78 Å². The number of carbonyl (C=O) groups is 2. The molecule has 1 aromatic heterocycles. The fraction of sp³-hybridized carbons (Fsp3) is 0.150. The fourth-order valence-electron chi connectivity index (χ4n) is 2.53. The van der Waals surface area contributed by atoms with Crippen LogP contribution in [0.3, 0.4) is 0 Å². The second kappa shape index (κ2) is 8.46. The zero-order valence-corrected chi connectivity index (χ0v) is 15.8. The molecule has 3 rings (SSSR count). The van der Waals surface area contributed by atoms with Gasteiger partial charge in [-0.15, -0.1) is 0 Å². The summed E-state index contributed by atoms with van der Waals surface area (Å²) in [6.45, 7) is 3.68. The highest BCUT2D eigenvalue weighted by atomic mass is 32.1. The van der Waals surface area contributed by atoms with Crippen molar-refractivity contribution in [2.75, 3.05) is 10.6 Å².